The summed E-state index contributed by atoms with van der Waals surface area (Å²) in [7, 11) is 1.51. The molecule has 3 aromatic rings. The number of carbonyl (C=O) groups excluding carboxylic acids is 1. The van der Waals surface area contributed by atoms with Crippen LogP contribution >= 0.6 is 0 Å². The van der Waals surface area contributed by atoms with Crippen LogP contribution in [0.4, 0.5) is 11.8 Å². The first-order chi connectivity index (χ1) is 17.0. The van der Waals surface area contributed by atoms with Gasteiger partial charge in [-0.15, -0.1) is 0 Å². The predicted molar refractivity (Wildman–Crippen MR) is 133 cm³/mol. The number of amides is 1. The van der Waals surface area contributed by atoms with Gasteiger partial charge < -0.3 is 29.7 Å². The van der Waals surface area contributed by atoms with E-state index in [1.807, 2.05) is 18.2 Å². The van der Waals surface area contributed by atoms with Crippen LogP contribution in [0.3, 0.4) is 0 Å². The molecule has 2 atom stereocenters. The van der Waals surface area contributed by atoms with Gasteiger partial charge in [-0.3, -0.25) is 4.79 Å². The number of methoxy groups -OCH3 is 1. The van der Waals surface area contributed by atoms with Crippen molar-refractivity contribution in [2.24, 2.45) is 5.73 Å². The van der Waals surface area contributed by atoms with Crippen molar-refractivity contribution in [1.82, 2.24) is 15.0 Å². The van der Waals surface area contributed by atoms with Gasteiger partial charge in [-0.2, -0.15) is 9.97 Å². The van der Waals surface area contributed by atoms with Gasteiger partial charge >= 0.3 is 0 Å². The van der Waals surface area contributed by atoms with Crippen LogP contribution in [0, 0.1) is 0 Å². The maximum absolute atomic E-state index is 11.7. The molecule has 35 heavy (non-hydrogen) atoms. The number of nitrogens with two attached hydrogens (primary N) is 1. The van der Waals surface area contributed by atoms with E-state index in [1.54, 1.807) is 12.1 Å². The Morgan fingerprint density at radius 3 is 2.37 bits per heavy atom. The monoisotopic (exact) mass is 478 g/mol. The zero-order valence-corrected chi connectivity index (χ0v) is 20.2. The van der Waals surface area contributed by atoms with Crippen molar-refractivity contribution in [3.63, 3.8) is 0 Å². The van der Waals surface area contributed by atoms with Crippen LogP contribution in [0.15, 0.2) is 30.3 Å². The molecule has 1 aromatic carbocycles. The van der Waals surface area contributed by atoms with Gasteiger partial charge in [0, 0.05) is 18.7 Å². The van der Waals surface area contributed by atoms with E-state index in [9.17, 15) is 4.79 Å². The highest BCUT2D eigenvalue weighted by Crippen LogP contribution is 2.32. The van der Waals surface area contributed by atoms with Gasteiger partial charge in [0.1, 0.15) is 11.6 Å². The molecule has 4 heterocycles. The Bertz CT molecular complexity index is 1250. The Morgan fingerprint density at radius 2 is 1.71 bits per heavy atom. The van der Waals surface area contributed by atoms with Crippen LogP contribution < -0.4 is 20.3 Å². The van der Waals surface area contributed by atoms with Crippen molar-refractivity contribution in [3.05, 3.63) is 35.9 Å². The fourth-order valence-electron chi connectivity index (χ4n) is 4.61. The molecule has 2 aliphatic rings. The predicted octanol–water partition coefficient (Wildman–Crippen LogP) is 2.25. The molecule has 10 heteroatoms. The van der Waals surface area contributed by atoms with E-state index in [4.69, 9.17) is 34.9 Å². The van der Waals surface area contributed by atoms with Crippen molar-refractivity contribution < 1.29 is 19.0 Å². The molecule has 184 valence electrons. The van der Waals surface area contributed by atoms with Crippen LogP contribution in [0.2, 0.25) is 0 Å². The molecule has 0 spiro atoms. The lowest BCUT2D eigenvalue weighted by Gasteiger charge is -2.37. The van der Waals surface area contributed by atoms with Crippen molar-refractivity contribution in [1.29, 1.82) is 0 Å². The molecule has 0 unspecified atom stereocenters. The van der Waals surface area contributed by atoms with E-state index in [-0.39, 0.29) is 12.1 Å². The molecule has 2 aliphatic heterocycles. The van der Waals surface area contributed by atoms with Crippen molar-refractivity contribution in [2.75, 3.05) is 56.4 Å². The Kier molecular flexibility index (Phi) is 6.40. The highest BCUT2D eigenvalue weighted by molar-refractivity contribution is 5.96. The fraction of sp³-hybridized carbons (Fsp3) is 0.440. The molecule has 0 bridgehead atoms. The van der Waals surface area contributed by atoms with E-state index in [1.165, 1.54) is 7.11 Å². The third-order valence-electron chi connectivity index (χ3n) is 6.55. The molecule has 0 radical (unpaired) electrons. The Labute approximate surface area is 204 Å². The highest BCUT2D eigenvalue weighted by Gasteiger charge is 2.27. The molecule has 0 saturated carbocycles. The number of primary amides is 1. The molecule has 0 aliphatic carbocycles. The van der Waals surface area contributed by atoms with Crippen LogP contribution in [0.25, 0.3) is 22.3 Å². The molecular weight excluding hydrogens is 448 g/mol. The summed E-state index contributed by atoms with van der Waals surface area (Å²) in [6, 6.07) is 9.53. The number of rotatable bonds is 5. The van der Waals surface area contributed by atoms with E-state index >= 15 is 0 Å². The van der Waals surface area contributed by atoms with Gasteiger partial charge in [-0.05, 0) is 38.1 Å². The lowest BCUT2D eigenvalue weighted by molar-refractivity contribution is 0.0973. The third kappa shape index (κ3) is 4.46. The summed E-state index contributed by atoms with van der Waals surface area (Å²) in [6.07, 6.45) is 0. The fourth-order valence-corrected chi connectivity index (χ4v) is 4.61. The lowest BCUT2D eigenvalue weighted by Crippen LogP contribution is -2.46. The van der Waals surface area contributed by atoms with Gasteiger partial charge in [0.2, 0.25) is 5.95 Å². The van der Waals surface area contributed by atoms with Crippen LogP contribution in [0.1, 0.15) is 24.2 Å². The van der Waals surface area contributed by atoms with Crippen LogP contribution in [-0.4, -0.2) is 79.6 Å². The van der Waals surface area contributed by atoms with E-state index in [0.29, 0.717) is 55.0 Å². The number of carbonyl (C=O) groups is 1. The minimum absolute atomic E-state index is 0.157. The second-order valence-electron chi connectivity index (χ2n) is 8.93. The van der Waals surface area contributed by atoms with E-state index in [2.05, 4.69) is 23.6 Å². The summed E-state index contributed by atoms with van der Waals surface area (Å²) in [5.74, 6) is 1.37. The molecule has 1 amide bonds. The minimum atomic E-state index is -0.541. The first-order valence-electron chi connectivity index (χ1n) is 11.8. The Morgan fingerprint density at radius 1 is 1.00 bits per heavy atom. The zero-order valence-electron chi connectivity index (χ0n) is 20.2. The number of hydrogen-bond acceptors (Lipinski definition) is 9. The van der Waals surface area contributed by atoms with E-state index in [0.717, 1.165) is 29.9 Å². The topological polar surface area (TPSA) is 116 Å². The quantitative estimate of drug-likeness (QED) is 0.589. The van der Waals surface area contributed by atoms with E-state index < -0.39 is 5.91 Å². The number of hydrogen-bond donors (Lipinski definition) is 1. The molecule has 2 aromatic heterocycles. The van der Waals surface area contributed by atoms with Crippen molar-refractivity contribution in [3.8, 4) is 17.0 Å². The maximum Gasteiger partial charge on any atom is 0.252 e. The third-order valence-corrected chi connectivity index (χ3v) is 6.55. The lowest BCUT2D eigenvalue weighted by atomic mass is 10.1. The zero-order chi connectivity index (χ0) is 24.5. The number of benzene rings is 1. The molecule has 5 rings (SSSR count). The van der Waals surface area contributed by atoms with Crippen LogP contribution in [-0.2, 0) is 9.47 Å². The largest absolute Gasteiger partial charge is 0.496 e. The second-order valence-corrected chi connectivity index (χ2v) is 8.93. The summed E-state index contributed by atoms with van der Waals surface area (Å²) < 4.78 is 16.7. The number of pyridine rings is 1. The number of morpholine rings is 2. The SMILES string of the molecule is COc1cc(-c2ccc3c(N4CCOC[C@@H]4C)nc(N4CCOC[C@@H]4C)nc3n2)ccc1C(N)=O. The van der Waals surface area contributed by atoms with Gasteiger partial charge in [0.25, 0.3) is 5.91 Å². The molecular formula is C25H30N6O4. The van der Waals surface area contributed by atoms with Gasteiger partial charge in [-0.25, -0.2) is 4.98 Å². The average molecular weight is 479 g/mol. The second kappa shape index (κ2) is 9.63. The normalized spacial score (nSPS) is 20.8. The smallest absolute Gasteiger partial charge is 0.252 e. The molecule has 2 saturated heterocycles. The number of anilines is 2. The summed E-state index contributed by atoms with van der Waals surface area (Å²) >= 11 is 0. The number of nitrogens with zero attached hydrogens (tertiary/aromatic N) is 5. The highest BCUT2D eigenvalue weighted by atomic mass is 16.5. The summed E-state index contributed by atoms with van der Waals surface area (Å²) in [6.45, 7) is 8.27. The Balaban J connectivity index is 1.64. The Hall–Kier alpha value is -3.50. The van der Waals surface area contributed by atoms with Gasteiger partial charge in [0.05, 0.1) is 62.3 Å². The van der Waals surface area contributed by atoms with Crippen molar-refractivity contribution in [2.45, 2.75) is 25.9 Å². The number of aromatic nitrogens is 3. The van der Waals surface area contributed by atoms with Gasteiger partial charge in [-0.1, -0.05) is 6.07 Å². The maximum atomic E-state index is 11.7. The summed E-state index contributed by atoms with van der Waals surface area (Å²) in [4.78, 5) is 31.0. The first-order valence-corrected chi connectivity index (χ1v) is 11.8. The molecule has 10 nitrogen and oxygen atoms in total. The molecule has 2 fully saturated rings. The summed E-state index contributed by atoms with van der Waals surface area (Å²) in [5.41, 5.74) is 7.92. The summed E-state index contributed by atoms with van der Waals surface area (Å²) in [5, 5.41) is 0.882. The van der Waals surface area contributed by atoms with Crippen LogP contribution in [0.5, 0.6) is 5.75 Å². The number of fused-ring (bicyclic) bond motifs is 1. The van der Waals surface area contributed by atoms with Gasteiger partial charge in [0.15, 0.2) is 5.65 Å². The number of ether oxygens (including phenoxy) is 3. The van der Waals surface area contributed by atoms with Crippen molar-refractivity contribution >= 4 is 28.7 Å². The standard InChI is InChI=1S/C25H30N6O4/c1-15-13-34-10-8-30(15)24-19-6-7-20(17-4-5-18(22(26)32)21(12-17)33-3)27-23(19)28-25(29-24)31-9-11-35-14-16(31)2/h4-7,12,15-16H,8-11,13-14H2,1-3H3,(H2,26,32)/t15-,16-/m0/s1. The minimum Gasteiger partial charge on any atom is -0.496 e. The molecule has 2 N–H and O–H groups in total. The average Bonchev–Trinajstić information content (AvgIpc) is 2.88. The first kappa shape index (κ1) is 23.3.